The first-order valence-corrected chi connectivity index (χ1v) is 9.22. The molecule has 2 heterocycles. The molecule has 7 nitrogen and oxygen atoms in total. The van der Waals surface area contributed by atoms with Crippen LogP contribution in [0.5, 0.6) is 0 Å². The number of aryl methyl sites for hydroxylation is 3. The smallest absolute Gasteiger partial charge is 0.303 e. The Hall–Kier alpha value is -3.22. The molecule has 0 saturated carbocycles. The van der Waals surface area contributed by atoms with E-state index in [0.29, 0.717) is 24.1 Å². The SMILES string of the molecule is Cc1cc(C(=O)NC(CCC(=O)O)Cc2ccccc2)c2c(C)nn(C)c2n1. The minimum absolute atomic E-state index is 0.00547. The van der Waals surface area contributed by atoms with Crippen LogP contribution in [0, 0.1) is 13.8 Å². The third kappa shape index (κ3) is 4.36. The van der Waals surface area contributed by atoms with Gasteiger partial charge in [-0.25, -0.2) is 4.98 Å². The van der Waals surface area contributed by atoms with Crippen molar-refractivity contribution in [3.63, 3.8) is 0 Å². The fraction of sp³-hybridized carbons (Fsp3) is 0.333. The van der Waals surface area contributed by atoms with Gasteiger partial charge in [-0.3, -0.25) is 14.3 Å². The number of carbonyl (C=O) groups excluding carboxylic acids is 1. The van der Waals surface area contributed by atoms with E-state index in [1.807, 2.05) is 44.2 Å². The maximum atomic E-state index is 13.1. The number of carbonyl (C=O) groups is 2. The molecular formula is C21H24N4O3. The van der Waals surface area contributed by atoms with Crippen LogP contribution in [0.2, 0.25) is 0 Å². The van der Waals surface area contributed by atoms with Crippen molar-refractivity contribution in [3.8, 4) is 0 Å². The van der Waals surface area contributed by atoms with Gasteiger partial charge in [-0.1, -0.05) is 30.3 Å². The summed E-state index contributed by atoms with van der Waals surface area (Å²) >= 11 is 0. The molecule has 28 heavy (non-hydrogen) atoms. The summed E-state index contributed by atoms with van der Waals surface area (Å²) in [5.41, 5.74) is 3.69. The van der Waals surface area contributed by atoms with Gasteiger partial charge >= 0.3 is 5.97 Å². The Balaban J connectivity index is 1.89. The number of hydrogen-bond donors (Lipinski definition) is 2. The van der Waals surface area contributed by atoms with Gasteiger partial charge in [0.05, 0.1) is 16.6 Å². The molecule has 1 amide bonds. The zero-order valence-corrected chi connectivity index (χ0v) is 16.3. The number of amides is 1. The van der Waals surface area contributed by atoms with Crippen molar-refractivity contribution in [3.05, 3.63) is 58.9 Å². The molecule has 1 unspecified atom stereocenters. The van der Waals surface area contributed by atoms with E-state index in [9.17, 15) is 9.59 Å². The molecule has 0 bridgehead atoms. The molecule has 7 heteroatoms. The second-order valence-electron chi connectivity index (χ2n) is 7.01. The molecular weight excluding hydrogens is 356 g/mol. The predicted molar refractivity (Wildman–Crippen MR) is 106 cm³/mol. The van der Waals surface area contributed by atoms with Gasteiger partial charge < -0.3 is 10.4 Å². The van der Waals surface area contributed by atoms with E-state index in [0.717, 1.165) is 22.3 Å². The number of aromatic nitrogens is 3. The number of nitrogens with zero attached hydrogens (tertiary/aromatic N) is 3. The summed E-state index contributed by atoms with van der Waals surface area (Å²) in [7, 11) is 1.80. The van der Waals surface area contributed by atoms with Crippen molar-refractivity contribution in [2.45, 2.75) is 39.2 Å². The number of benzene rings is 1. The van der Waals surface area contributed by atoms with Crippen LogP contribution in [0.4, 0.5) is 0 Å². The minimum Gasteiger partial charge on any atom is -0.481 e. The lowest BCUT2D eigenvalue weighted by atomic mass is 10.0. The summed E-state index contributed by atoms with van der Waals surface area (Å²) in [5.74, 6) is -1.12. The van der Waals surface area contributed by atoms with Crippen molar-refractivity contribution in [2.24, 2.45) is 7.05 Å². The van der Waals surface area contributed by atoms with E-state index in [4.69, 9.17) is 5.11 Å². The highest BCUT2D eigenvalue weighted by Crippen LogP contribution is 2.22. The van der Waals surface area contributed by atoms with E-state index >= 15 is 0 Å². The van der Waals surface area contributed by atoms with Crippen molar-refractivity contribution >= 4 is 22.9 Å². The average molecular weight is 380 g/mol. The second kappa shape index (κ2) is 8.21. The molecule has 0 aliphatic carbocycles. The highest BCUT2D eigenvalue weighted by Gasteiger charge is 2.21. The standard InChI is InChI=1S/C21H24N4O3/c1-13-11-17(19-14(2)24-25(3)20(19)22-13)21(28)23-16(9-10-18(26)27)12-15-7-5-4-6-8-15/h4-8,11,16H,9-10,12H2,1-3H3,(H,23,28)(H,26,27). The molecule has 0 saturated heterocycles. The first kappa shape index (κ1) is 19.5. The van der Waals surface area contributed by atoms with E-state index in [1.165, 1.54) is 0 Å². The maximum Gasteiger partial charge on any atom is 0.303 e. The highest BCUT2D eigenvalue weighted by molar-refractivity contribution is 6.06. The Morgan fingerprint density at radius 2 is 1.93 bits per heavy atom. The summed E-state index contributed by atoms with van der Waals surface area (Å²) in [6.45, 7) is 3.69. The molecule has 2 N–H and O–H groups in total. The van der Waals surface area contributed by atoms with E-state index in [2.05, 4.69) is 15.4 Å². The monoisotopic (exact) mass is 380 g/mol. The molecule has 2 aromatic heterocycles. The van der Waals surface area contributed by atoms with Crippen LogP contribution >= 0.6 is 0 Å². The summed E-state index contributed by atoms with van der Waals surface area (Å²) < 4.78 is 1.67. The van der Waals surface area contributed by atoms with Crippen molar-refractivity contribution in [1.82, 2.24) is 20.1 Å². The molecule has 3 rings (SSSR count). The quantitative estimate of drug-likeness (QED) is 0.657. The van der Waals surface area contributed by atoms with Crippen LogP contribution in [-0.4, -0.2) is 37.8 Å². The first-order chi connectivity index (χ1) is 13.3. The van der Waals surface area contributed by atoms with Gasteiger partial charge in [-0.05, 0) is 38.3 Å². The fourth-order valence-corrected chi connectivity index (χ4v) is 3.43. The normalized spacial score (nSPS) is 12.1. The van der Waals surface area contributed by atoms with Gasteiger partial charge in [-0.15, -0.1) is 0 Å². The van der Waals surface area contributed by atoms with Crippen molar-refractivity contribution in [2.75, 3.05) is 0 Å². The summed E-state index contributed by atoms with van der Waals surface area (Å²) in [4.78, 5) is 28.6. The molecule has 0 spiro atoms. The first-order valence-electron chi connectivity index (χ1n) is 9.22. The molecule has 0 radical (unpaired) electrons. The Morgan fingerprint density at radius 1 is 1.21 bits per heavy atom. The highest BCUT2D eigenvalue weighted by atomic mass is 16.4. The van der Waals surface area contributed by atoms with Crippen molar-refractivity contribution < 1.29 is 14.7 Å². The van der Waals surface area contributed by atoms with Gasteiger partial charge in [0.1, 0.15) is 0 Å². The third-order valence-electron chi connectivity index (χ3n) is 4.71. The summed E-state index contributed by atoms with van der Waals surface area (Å²) in [6.07, 6.45) is 0.919. The fourth-order valence-electron chi connectivity index (χ4n) is 3.43. The predicted octanol–water partition coefficient (Wildman–Crippen LogP) is 2.79. The molecule has 0 aliphatic heterocycles. The Kier molecular flexibility index (Phi) is 5.73. The Bertz CT molecular complexity index is 1010. The lowest BCUT2D eigenvalue weighted by Gasteiger charge is -2.19. The number of pyridine rings is 1. The Labute approximate surface area is 163 Å². The maximum absolute atomic E-state index is 13.1. The summed E-state index contributed by atoms with van der Waals surface area (Å²) in [6, 6.07) is 11.2. The Morgan fingerprint density at radius 3 is 2.61 bits per heavy atom. The minimum atomic E-state index is -0.877. The van der Waals surface area contributed by atoms with Gasteiger partial charge in [0, 0.05) is 25.2 Å². The van der Waals surface area contributed by atoms with E-state index in [1.54, 1.807) is 17.8 Å². The van der Waals surface area contributed by atoms with Gasteiger partial charge in [0.25, 0.3) is 5.91 Å². The number of hydrogen-bond acceptors (Lipinski definition) is 4. The van der Waals surface area contributed by atoms with E-state index in [-0.39, 0.29) is 18.4 Å². The van der Waals surface area contributed by atoms with Crippen LogP contribution in [0.3, 0.4) is 0 Å². The zero-order valence-electron chi connectivity index (χ0n) is 16.3. The van der Waals surface area contributed by atoms with E-state index < -0.39 is 5.97 Å². The van der Waals surface area contributed by atoms with Crippen LogP contribution in [-0.2, 0) is 18.3 Å². The lowest BCUT2D eigenvalue weighted by molar-refractivity contribution is -0.137. The number of carboxylic acids is 1. The molecule has 3 aromatic rings. The number of aliphatic carboxylic acids is 1. The second-order valence-corrected chi connectivity index (χ2v) is 7.01. The number of rotatable bonds is 7. The summed E-state index contributed by atoms with van der Waals surface area (Å²) in [5, 5.41) is 17.2. The van der Waals surface area contributed by atoms with Crippen LogP contribution in [0.1, 0.15) is 40.2 Å². The average Bonchev–Trinajstić information content (AvgIpc) is 2.93. The topological polar surface area (TPSA) is 97.1 Å². The van der Waals surface area contributed by atoms with Gasteiger partial charge in [0.15, 0.2) is 5.65 Å². The number of nitrogens with one attached hydrogen (secondary N) is 1. The van der Waals surface area contributed by atoms with Crippen LogP contribution in [0.15, 0.2) is 36.4 Å². The molecule has 0 fully saturated rings. The zero-order chi connectivity index (χ0) is 20.3. The van der Waals surface area contributed by atoms with Gasteiger partial charge in [0.2, 0.25) is 0 Å². The number of fused-ring (bicyclic) bond motifs is 1. The largest absolute Gasteiger partial charge is 0.481 e. The van der Waals surface area contributed by atoms with Crippen LogP contribution < -0.4 is 5.32 Å². The molecule has 0 aliphatic rings. The third-order valence-corrected chi connectivity index (χ3v) is 4.71. The molecule has 1 atom stereocenters. The lowest BCUT2D eigenvalue weighted by Crippen LogP contribution is -2.37. The molecule has 146 valence electrons. The van der Waals surface area contributed by atoms with Crippen molar-refractivity contribution in [1.29, 1.82) is 0 Å². The van der Waals surface area contributed by atoms with Gasteiger partial charge in [-0.2, -0.15) is 5.10 Å². The molecule has 1 aromatic carbocycles. The van der Waals surface area contributed by atoms with Crippen LogP contribution in [0.25, 0.3) is 11.0 Å². The number of carboxylic acid groups (broad SMARTS) is 1.